The second kappa shape index (κ2) is 11.9. The number of nitrogen functional groups attached to an aromatic ring is 1. The standard InChI is InChI=1S/C24H29N7O5/c1-13(2)3-8-17(32)9-10-18(23(35)36)29-21(33)14-4-6-15(7-5-14)26-11-16-12-27-20-19(28-16)22(34)31-24(25)30-20/h4-7,12-13,18,26H,3,8-11H2,1-2H3,(H,29,33)(H,35,36)(H3,25,27,30,31,34). The van der Waals surface area contributed by atoms with E-state index in [0.29, 0.717) is 23.7 Å². The number of hydrogen-bond acceptors (Lipinski definition) is 9. The highest BCUT2D eigenvalue weighted by atomic mass is 16.4. The Morgan fingerprint density at radius 2 is 1.78 bits per heavy atom. The lowest BCUT2D eigenvalue weighted by Crippen LogP contribution is -2.41. The fourth-order valence-electron chi connectivity index (χ4n) is 3.37. The number of ketones is 1. The summed E-state index contributed by atoms with van der Waals surface area (Å²) in [6.07, 6.45) is 2.76. The normalized spacial score (nSPS) is 11.9. The van der Waals surface area contributed by atoms with Gasteiger partial charge in [-0.25, -0.2) is 14.8 Å². The number of carboxylic acid groups (broad SMARTS) is 1. The predicted molar refractivity (Wildman–Crippen MR) is 133 cm³/mol. The molecule has 0 aliphatic rings. The highest BCUT2D eigenvalue weighted by molar-refractivity contribution is 5.97. The lowest BCUT2D eigenvalue weighted by atomic mass is 10.0. The van der Waals surface area contributed by atoms with E-state index < -0.39 is 23.5 Å². The van der Waals surface area contributed by atoms with Gasteiger partial charge in [-0.05, 0) is 43.0 Å². The second-order valence-electron chi connectivity index (χ2n) is 8.79. The fraction of sp³-hybridized carbons (Fsp3) is 0.375. The number of nitrogens with one attached hydrogen (secondary N) is 3. The smallest absolute Gasteiger partial charge is 0.326 e. The number of carboxylic acids is 1. The van der Waals surface area contributed by atoms with Crippen LogP contribution in [0, 0.1) is 5.92 Å². The van der Waals surface area contributed by atoms with E-state index in [1.54, 1.807) is 24.3 Å². The van der Waals surface area contributed by atoms with Crippen LogP contribution in [0.2, 0.25) is 0 Å². The van der Waals surface area contributed by atoms with Crippen molar-refractivity contribution in [2.75, 3.05) is 11.1 Å². The van der Waals surface area contributed by atoms with Crippen LogP contribution in [0.3, 0.4) is 0 Å². The summed E-state index contributed by atoms with van der Waals surface area (Å²) in [4.78, 5) is 62.7. The Balaban J connectivity index is 1.55. The van der Waals surface area contributed by atoms with Crippen LogP contribution in [0.5, 0.6) is 0 Å². The third-order valence-corrected chi connectivity index (χ3v) is 5.42. The highest BCUT2D eigenvalue weighted by Crippen LogP contribution is 2.13. The molecule has 0 aliphatic carbocycles. The quantitative estimate of drug-likeness (QED) is 0.248. The van der Waals surface area contributed by atoms with E-state index in [0.717, 1.165) is 6.42 Å². The molecule has 190 valence electrons. The number of hydrogen-bond donors (Lipinski definition) is 5. The summed E-state index contributed by atoms with van der Waals surface area (Å²) >= 11 is 0. The number of carbonyl (C=O) groups excluding carboxylic acids is 2. The molecule has 0 fully saturated rings. The third-order valence-electron chi connectivity index (χ3n) is 5.42. The van der Waals surface area contributed by atoms with Gasteiger partial charge in [0.1, 0.15) is 11.8 Å². The molecule has 2 aromatic heterocycles. The molecular weight excluding hydrogens is 466 g/mol. The van der Waals surface area contributed by atoms with Gasteiger partial charge < -0.3 is 21.5 Å². The van der Waals surface area contributed by atoms with E-state index >= 15 is 0 Å². The first kappa shape index (κ1) is 26.3. The number of anilines is 2. The lowest BCUT2D eigenvalue weighted by Gasteiger charge is -2.15. The van der Waals surface area contributed by atoms with Crippen molar-refractivity contribution in [2.24, 2.45) is 5.92 Å². The number of rotatable bonds is 12. The Morgan fingerprint density at radius 3 is 2.44 bits per heavy atom. The predicted octanol–water partition coefficient (Wildman–Crippen LogP) is 1.88. The maximum atomic E-state index is 12.5. The Morgan fingerprint density at radius 1 is 1.08 bits per heavy atom. The molecule has 3 rings (SSSR count). The van der Waals surface area contributed by atoms with Crippen LogP contribution in [-0.2, 0) is 16.1 Å². The van der Waals surface area contributed by atoms with Crippen LogP contribution in [0.15, 0.2) is 35.3 Å². The molecule has 1 amide bonds. The number of fused-ring (bicyclic) bond motifs is 1. The molecule has 6 N–H and O–H groups in total. The summed E-state index contributed by atoms with van der Waals surface area (Å²) in [5.41, 5.74) is 6.68. The fourth-order valence-corrected chi connectivity index (χ4v) is 3.37. The zero-order chi connectivity index (χ0) is 26.2. The van der Waals surface area contributed by atoms with Gasteiger partial charge in [-0.3, -0.25) is 19.4 Å². The van der Waals surface area contributed by atoms with Crippen LogP contribution < -0.4 is 21.9 Å². The Labute approximate surface area is 206 Å². The second-order valence-corrected chi connectivity index (χ2v) is 8.79. The molecule has 0 aliphatic heterocycles. The average Bonchev–Trinajstić information content (AvgIpc) is 2.84. The van der Waals surface area contributed by atoms with Gasteiger partial charge in [0, 0.05) is 24.1 Å². The first-order valence-electron chi connectivity index (χ1n) is 11.5. The summed E-state index contributed by atoms with van der Waals surface area (Å²) < 4.78 is 0. The van der Waals surface area contributed by atoms with Gasteiger partial charge in [-0.15, -0.1) is 0 Å². The number of nitrogens with two attached hydrogens (primary N) is 1. The monoisotopic (exact) mass is 495 g/mol. The molecule has 12 nitrogen and oxygen atoms in total. The summed E-state index contributed by atoms with van der Waals surface area (Å²) in [6, 6.07) is 5.26. The number of H-pyrrole nitrogens is 1. The van der Waals surface area contributed by atoms with Crippen molar-refractivity contribution in [2.45, 2.75) is 52.1 Å². The minimum atomic E-state index is -1.19. The number of aliphatic carboxylic acids is 1. The molecule has 1 aromatic carbocycles. The van der Waals surface area contributed by atoms with E-state index in [2.05, 4.69) is 30.6 Å². The molecule has 12 heteroatoms. The summed E-state index contributed by atoms with van der Waals surface area (Å²) in [7, 11) is 0. The molecule has 3 aromatic rings. The van der Waals surface area contributed by atoms with Crippen LogP contribution in [0.1, 0.15) is 55.6 Å². The highest BCUT2D eigenvalue weighted by Gasteiger charge is 2.21. The molecule has 0 radical (unpaired) electrons. The van der Waals surface area contributed by atoms with Crippen molar-refractivity contribution in [3.05, 3.63) is 52.1 Å². The van der Waals surface area contributed by atoms with Crippen LogP contribution in [0.25, 0.3) is 11.2 Å². The van der Waals surface area contributed by atoms with Crippen molar-refractivity contribution in [3.8, 4) is 0 Å². The van der Waals surface area contributed by atoms with Crippen molar-refractivity contribution in [3.63, 3.8) is 0 Å². The molecule has 0 bridgehead atoms. The first-order valence-corrected chi connectivity index (χ1v) is 11.5. The number of aromatic nitrogens is 4. The number of Topliss-reactive ketones (excluding diaryl/α,β-unsaturated/α-hetero) is 1. The molecule has 36 heavy (non-hydrogen) atoms. The molecule has 0 saturated carbocycles. The molecular formula is C24H29N7O5. The van der Waals surface area contributed by atoms with Gasteiger partial charge in [0.05, 0.1) is 18.4 Å². The van der Waals surface area contributed by atoms with E-state index in [-0.39, 0.29) is 47.8 Å². The van der Waals surface area contributed by atoms with E-state index in [9.17, 15) is 24.3 Å². The number of aromatic amines is 1. The van der Waals surface area contributed by atoms with Gasteiger partial charge in [0.2, 0.25) is 5.95 Å². The summed E-state index contributed by atoms with van der Waals surface area (Å²) in [5, 5.41) is 15.0. The van der Waals surface area contributed by atoms with Crippen molar-refractivity contribution < 1.29 is 19.5 Å². The summed E-state index contributed by atoms with van der Waals surface area (Å²) in [6.45, 7) is 4.29. The van der Waals surface area contributed by atoms with E-state index in [1.807, 2.05) is 13.8 Å². The topological polar surface area (TPSA) is 193 Å². The molecule has 1 atom stereocenters. The van der Waals surface area contributed by atoms with Gasteiger partial charge in [0.25, 0.3) is 11.5 Å². The first-order chi connectivity index (χ1) is 17.1. The molecule has 0 saturated heterocycles. The van der Waals surface area contributed by atoms with Crippen molar-refractivity contribution in [1.82, 2.24) is 25.3 Å². The molecule has 0 spiro atoms. The largest absolute Gasteiger partial charge is 0.480 e. The average molecular weight is 496 g/mol. The van der Waals surface area contributed by atoms with Gasteiger partial charge in [-0.2, -0.15) is 4.98 Å². The number of nitrogens with zero attached hydrogens (tertiary/aromatic N) is 3. The van der Waals surface area contributed by atoms with E-state index in [4.69, 9.17) is 5.73 Å². The minimum absolute atomic E-state index is 0.0132. The Bertz CT molecular complexity index is 1300. The summed E-state index contributed by atoms with van der Waals surface area (Å²) in [5.74, 6) is -1.40. The zero-order valence-corrected chi connectivity index (χ0v) is 20.1. The lowest BCUT2D eigenvalue weighted by molar-refractivity contribution is -0.139. The Hall–Kier alpha value is -4.35. The maximum absolute atomic E-state index is 12.5. The van der Waals surface area contributed by atoms with E-state index in [1.165, 1.54) is 6.20 Å². The molecule has 2 heterocycles. The molecule has 1 unspecified atom stereocenters. The van der Waals surface area contributed by atoms with Crippen molar-refractivity contribution >= 4 is 40.5 Å². The van der Waals surface area contributed by atoms with Gasteiger partial charge >= 0.3 is 5.97 Å². The van der Waals surface area contributed by atoms with Crippen LogP contribution in [-0.4, -0.2) is 48.7 Å². The van der Waals surface area contributed by atoms with Crippen LogP contribution >= 0.6 is 0 Å². The SMILES string of the molecule is CC(C)CCC(=O)CCC(NC(=O)c1ccc(NCc2cnc3nc(N)[nH]c(=O)c3n2)cc1)C(=O)O. The minimum Gasteiger partial charge on any atom is -0.480 e. The zero-order valence-electron chi connectivity index (χ0n) is 20.1. The van der Waals surface area contributed by atoms with Crippen molar-refractivity contribution in [1.29, 1.82) is 0 Å². The number of carbonyl (C=O) groups is 3. The van der Waals surface area contributed by atoms with Crippen LogP contribution in [0.4, 0.5) is 11.6 Å². The number of benzene rings is 1. The van der Waals surface area contributed by atoms with Gasteiger partial charge in [-0.1, -0.05) is 13.8 Å². The van der Waals surface area contributed by atoms with Gasteiger partial charge in [0.15, 0.2) is 11.2 Å². The number of amides is 1. The third kappa shape index (κ3) is 7.32. The Kier molecular flexibility index (Phi) is 8.66. The maximum Gasteiger partial charge on any atom is 0.326 e.